The molecule has 1 rings (SSSR count). The van der Waals surface area contributed by atoms with Gasteiger partial charge in [0.05, 0.1) is 5.92 Å². The predicted molar refractivity (Wildman–Crippen MR) is 68.9 cm³/mol. The van der Waals surface area contributed by atoms with E-state index < -0.39 is 5.97 Å². The molecule has 104 valence electrons. The molecule has 3 atom stereocenters. The van der Waals surface area contributed by atoms with Gasteiger partial charge in [-0.25, -0.2) is 0 Å². The lowest BCUT2D eigenvalue weighted by atomic mass is 9.61. The summed E-state index contributed by atoms with van der Waals surface area (Å²) in [6.45, 7) is 6.30. The van der Waals surface area contributed by atoms with Crippen molar-refractivity contribution in [3.05, 3.63) is 0 Å². The molecule has 0 saturated heterocycles. The molecular weight excluding hydrogens is 232 g/mol. The summed E-state index contributed by atoms with van der Waals surface area (Å²) in [4.78, 5) is 22.8. The fourth-order valence-electron chi connectivity index (χ4n) is 2.85. The first-order valence-corrected chi connectivity index (χ1v) is 6.53. The fraction of sp³-hybridized carbons (Fsp3) is 0.846. The molecular formula is C13H24N2O3. The Hall–Kier alpha value is -1.10. The molecule has 1 saturated carbocycles. The summed E-state index contributed by atoms with van der Waals surface area (Å²) >= 11 is 0. The number of rotatable bonds is 4. The first-order chi connectivity index (χ1) is 8.30. The molecule has 1 aliphatic carbocycles. The SMILES string of the molecule is CC1C(NC(=O)CCN)CCC(C(=O)O)C1(C)C. The second-order valence-corrected chi connectivity index (χ2v) is 5.79. The van der Waals surface area contributed by atoms with E-state index in [0.717, 1.165) is 6.42 Å². The molecule has 0 heterocycles. The van der Waals surface area contributed by atoms with Crippen LogP contribution >= 0.6 is 0 Å². The molecule has 0 spiro atoms. The first kappa shape index (κ1) is 15.0. The molecule has 18 heavy (non-hydrogen) atoms. The number of aliphatic carboxylic acids is 1. The molecule has 0 aromatic rings. The Balaban J connectivity index is 2.72. The van der Waals surface area contributed by atoms with Crippen molar-refractivity contribution < 1.29 is 14.7 Å². The van der Waals surface area contributed by atoms with E-state index in [2.05, 4.69) is 5.32 Å². The molecule has 0 aromatic heterocycles. The monoisotopic (exact) mass is 256 g/mol. The molecule has 1 aliphatic rings. The summed E-state index contributed by atoms with van der Waals surface area (Å²) in [6.07, 6.45) is 1.66. The second-order valence-electron chi connectivity index (χ2n) is 5.79. The van der Waals surface area contributed by atoms with Crippen LogP contribution in [0.25, 0.3) is 0 Å². The third kappa shape index (κ3) is 3.02. The zero-order chi connectivity index (χ0) is 13.9. The van der Waals surface area contributed by atoms with Crippen LogP contribution in [0.2, 0.25) is 0 Å². The van der Waals surface area contributed by atoms with Gasteiger partial charge >= 0.3 is 5.97 Å². The van der Waals surface area contributed by atoms with Crippen LogP contribution in [0.1, 0.15) is 40.0 Å². The van der Waals surface area contributed by atoms with Crippen molar-refractivity contribution in [2.75, 3.05) is 6.54 Å². The van der Waals surface area contributed by atoms with E-state index in [1.807, 2.05) is 20.8 Å². The predicted octanol–water partition coefficient (Wildman–Crippen LogP) is 0.977. The van der Waals surface area contributed by atoms with E-state index in [4.69, 9.17) is 5.73 Å². The van der Waals surface area contributed by atoms with Crippen molar-refractivity contribution in [1.29, 1.82) is 0 Å². The van der Waals surface area contributed by atoms with Crippen LogP contribution in [-0.4, -0.2) is 29.6 Å². The molecule has 1 amide bonds. The number of carbonyl (C=O) groups excluding carboxylic acids is 1. The van der Waals surface area contributed by atoms with E-state index in [1.165, 1.54) is 0 Å². The third-order valence-electron chi connectivity index (χ3n) is 4.46. The van der Waals surface area contributed by atoms with Crippen LogP contribution in [0.15, 0.2) is 0 Å². The maximum Gasteiger partial charge on any atom is 0.307 e. The Morgan fingerprint density at radius 1 is 1.39 bits per heavy atom. The number of nitrogens with one attached hydrogen (secondary N) is 1. The average Bonchev–Trinajstić information content (AvgIpc) is 2.24. The number of carboxylic acids is 1. The summed E-state index contributed by atoms with van der Waals surface area (Å²) in [5.74, 6) is -0.984. The van der Waals surface area contributed by atoms with Crippen molar-refractivity contribution in [3.63, 3.8) is 0 Å². The lowest BCUT2D eigenvalue weighted by molar-refractivity contribution is -0.150. The molecule has 0 aromatic carbocycles. The Bertz CT molecular complexity index is 328. The average molecular weight is 256 g/mol. The highest BCUT2D eigenvalue weighted by molar-refractivity contribution is 5.76. The van der Waals surface area contributed by atoms with Crippen LogP contribution in [0.4, 0.5) is 0 Å². The summed E-state index contributed by atoms with van der Waals surface area (Å²) in [5, 5.41) is 12.2. The Kier molecular flexibility index (Phi) is 4.73. The van der Waals surface area contributed by atoms with Crippen LogP contribution in [0.5, 0.6) is 0 Å². The molecule has 5 nitrogen and oxygen atoms in total. The number of carbonyl (C=O) groups is 2. The van der Waals surface area contributed by atoms with E-state index >= 15 is 0 Å². The number of hydrogen-bond acceptors (Lipinski definition) is 3. The van der Waals surface area contributed by atoms with Crippen LogP contribution < -0.4 is 11.1 Å². The van der Waals surface area contributed by atoms with Gasteiger partial charge in [0.1, 0.15) is 0 Å². The van der Waals surface area contributed by atoms with Crippen molar-refractivity contribution in [2.24, 2.45) is 23.0 Å². The standard InChI is InChI=1S/C13H24N2O3/c1-8-10(15-11(16)6-7-14)5-4-9(12(17)18)13(8,2)3/h8-10H,4-7,14H2,1-3H3,(H,15,16)(H,17,18). The lowest BCUT2D eigenvalue weighted by Gasteiger charge is -2.46. The molecule has 0 aliphatic heterocycles. The highest BCUT2D eigenvalue weighted by Crippen LogP contribution is 2.45. The second kappa shape index (κ2) is 5.69. The third-order valence-corrected chi connectivity index (χ3v) is 4.46. The molecule has 3 unspecified atom stereocenters. The van der Waals surface area contributed by atoms with Crippen molar-refractivity contribution in [2.45, 2.75) is 46.1 Å². The summed E-state index contributed by atoms with van der Waals surface area (Å²) in [5.41, 5.74) is 5.03. The lowest BCUT2D eigenvalue weighted by Crippen LogP contribution is -2.52. The number of hydrogen-bond donors (Lipinski definition) is 3. The van der Waals surface area contributed by atoms with Gasteiger partial charge in [-0.2, -0.15) is 0 Å². The van der Waals surface area contributed by atoms with Gasteiger partial charge in [-0.3, -0.25) is 9.59 Å². The fourth-order valence-corrected chi connectivity index (χ4v) is 2.85. The van der Waals surface area contributed by atoms with Crippen LogP contribution in [-0.2, 0) is 9.59 Å². The molecule has 5 heteroatoms. The zero-order valence-electron chi connectivity index (χ0n) is 11.4. The van der Waals surface area contributed by atoms with Gasteiger partial charge in [-0.05, 0) is 24.2 Å². The van der Waals surface area contributed by atoms with Gasteiger partial charge in [0.2, 0.25) is 5.91 Å². The van der Waals surface area contributed by atoms with Gasteiger partial charge < -0.3 is 16.2 Å². The number of carboxylic acid groups (broad SMARTS) is 1. The molecule has 4 N–H and O–H groups in total. The van der Waals surface area contributed by atoms with E-state index in [0.29, 0.717) is 19.4 Å². The highest BCUT2D eigenvalue weighted by atomic mass is 16.4. The van der Waals surface area contributed by atoms with E-state index in [1.54, 1.807) is 0 Å². The van der Waals surface area contributed by atoms with Crippen LogP contribution in [0, 0.1) is 17.3 Å². The van der Waals surface area contributed by atoms with Gasteiger partial charge in [-0.15, -0.1) is 0 Å². The molecule has 1 fully saturated rings. The summed E-state index contributed by atoms with van der Waals surface area (Å²) in [7, 11) is 0. The summed E-state index contributed by atoms with van der Waals surface area (Å²) < 4.78 is 0. The summed E-state index contributed by atoms with van der Waals surface area (Å²) in [6, 6.07) is 0.0506. The maximum atomic E-state index is 11.6. The van der Waals surface area contributed by atoms with E-state index in [-0.39, 0.29) is 29.2 Å². The van der Waals surface area contributed by atoms with Gasteiger partial charge in [0.25, 0.3) is 0 Å². The van der Waals surface area contributed by atoms with Crippen molar-refractivity contribution in [1.82, 2.24) is 5.32 Å². The quantitative estimate of drug-likeness (QED) is 0.699. The topological polar surface area (TPSA) is 92.4 Å². The normalized spacial score (nSPS) is 30.8. The minimum absolute atomic E-state index is 0.0427. The van der Waals surface area contributed by atoms with Gasteiger partial charge in [0, 0.05) is 19.0 Å². The first-order valence-electron chi connectivity index (χ1n) is 6.53. The van der Waals surface area contributed by atoms with Crippen LogP contribution in [0.3, 0.4) is 0 Å². The number of amides is 1. The molecule has 0 bridgehead atoms. The van der Waals surface area contributed by atoms with Crippen molar-refractivity contribution >= 4 is 11.9 Å². The minimum Gasteiger partial charge on any atom is -0.481 e. The molecule has 0 radical (unpaired) electrons. The Labute approximate surface area is 108 Å². The number of nitrogens with two attached hydrogens (primary N) is 1. The maximum absolute atomic E-state index is 11.6. The minimum atomic E-state index is -0.737. The smallest absolute Gasteiger partial charge is 0.307 e. The Morgan fingerprint density at radius 3 is 2.50 bits per heavy atom. The zero-order valence-corrected chi connectivity index (χ0v) is 11.4. The Morgan fingerprint density at radius 2 is 2.00 bits per heavy atom. The van der Waals surface area contributed by atoms with E-state index in [9.17, 15) is 14.7 Å². The van der Waals surface area contributed by atoms with Crippen molar-refractivity contribution in [3.8, 4) is 0 Å². The van der Waals surface area contributed by atoms with Gasteiger partial charge in [0.15, 0.2) is 0 Å². The van der Waals surface area contributed by atoms with Gasteiger partial charge in [-0.1, -0.05) is 20.8 Å². The largest absolute Gasteiger partial charge is 0.481 e. The highest BCUT2D eigenvalue weighted by Gasteiger charge is 2.46.